The normalized spacial score (nSPS) is 29.8. The van der Waals surface area contributed by atoms with Crippen LogP contribution in [-0.2, 0) is 9.53 Å². The van der Waals surface area contributed by atoms with E-state index in [1.807, 2.05) is 0 Å². The summed E-state index contributed by atoms with van der Waals surface area (Å²) in [6.45, 7) is 8.48. The summed E-state index contributed by atoms with van der Waals surface area (Å²) < 4.78 is 5.27. The quantitative estimate of drug-likeness (QED) is 0.580. The summed E-state index contributed by atoms with van der Waals surface area (Å²) in [6.07, 6.45) is 0.896. The SMILES string of the molecule is C=C(C)C(=O)OC1CCC(O)C(C(C)(C)O)C1. The van der Waals surface area contributed by atoms with E-state index >= 15 is 0 Å². The molecular formula is C13H22O4. The molecule has 3 unspecified atom stereocenters. The van der Waals surface area contributed by atoms with Crippen LogP contribution in [0.25, 0.3) is 0 Å². The summed E-state index contributed by atoms with van der Waals surface area (Å²) in [5.41, 5.74) is -0.593. The van der Waals surface area contributed by atoms with E-state index in [-0.39, 0.29) is 12.0 Å². The van der Waals surface area contributed by atoms with Crippen LogP contribution >= 0.6 is 0 Å². The van der Waals surface area contributed by atoms with Crippen molar-refractivity contribution in [2.24, 2.45) is 5.92 Å². The van der Waals surface area contributed by atoms with E-state index < -0.39 is 17.7 Å². The van der Waals surface area contributed by atoms with Crippen molar-refractivity contribution in [2.75, 3.05) is 0 Å². The van der Waals surface area contributed by atoms with Crippen molar-refractivity contribution in [1.29, 1.82) is 0 Å². The molecule has 1 saturated carbocycles. The van der Waals surface area contributed by atoms with Gasteiger partial charge in [0.1, 0.15) is 6.10 Å². The zero-order chi connectivity index (χ0) is 13.2. The fourth-order valence-electron chi connectivity index (χ4n) is 2.23. The predicted molar refractivity (Wildman–Crippen MR) is 64.3 cm³/mol. The van der Waals surface area contributed by atoms with Crippen LogP contribution in [0.1, 0.15) is 40.0 Å². The molecule has 98 valence electrons. The van der Waals surface area contributed by atoms with Gasteiger partial charge in [-0.25, -0.2) is 4.79 Å². The Hall–Kier alpha value is -0.870. The van der Waals surface area contributed by atoms with Crippen LogP contribution in [0.3, 0.4) is 0 Å². The molecule has 2 N–H and O–H groups in total. The van der Waals surface area contributed by atoms with Crippen molar-refractivity contribution in [3.63, 3.8) is 0 Å². The minimum atomic E-state index is -0.965. The number of ether oxygens (including phenoxy) is 1. The highest BCUT2D eigenvalue weighted by Gasteiger charge is 2.39. The standard InChI is InChI=1S/C13H22O4/c1-8(2)12(15)17-9-5-6-11(14)10(7-9)13(3,4)16/h9-11,14,16H,1,5-7H2,2-4H3. The van der Waals surface area contributed by atoms with Crippen molar-refractivity contribution in [1.82, 2.24) is 0 Å². The molecule has 0 spiro atoms. The molecule has 0 radical (unpaired) electrons. The molecule has 17 heavy (non-hydrogen) atoms. The van der Waals surface area contributed by atoms with Crippen molar-refractivity contribution < 1.29 is 19.7 Å². The first-order chi connectivity index (χ1) is 7.71. The summed E-state index contributed by atoms with van der Waals surface area (Å²) in [6, 6.07) is 0. The highest BCUT2D eigenvalue weighted by atomic mass is 16.5. The van der Waals surface area contributed by atoms with E-state index in [9.17, 15) is 15.0 Å². The number of hydrogen-bond donors (Lipinski definition) is 2. The molecule has 1 rings (SSSR count). The second-order valence-corrected chi connectivity index (χ2v) is 5.45. The van der Waals surface area contributed by atoms with E-state index in [0.29, 0.717) is 24.8 Å². The Balaban J connectivity index is 2.62. The number of aliphatic hydroxyl groups excluding tert-OH is 1. The number of carbonyl (C=O) groups excluding carboxylic acids is 1. The minimum absolute atomic E-state index is 0.237. The minimum Gasteiger partial charge on any atom is -0.459 e. The van der Waals surface area contributed by atoms with Crippen LogP contribution in [0.15, 0.2) is 12.2 Å². The molecule has 0 aromatic heterocycles. The molecule has 1 aliphatic carbocycles. The lowest BCUT2D eigenvalue weighted by molar-refractivity contribution is -0.153. The molecule has 0 aromatic rings. The van der Waals surface area contributed by atoms with E-state index in [1.165, 1.54) is 0 Å². The van der Waals surface area contributed by atoms with Crippen molar-refractivity contribution >= 4 is 5.97 Å². The average molecular weight is 242 g/mol. The topological polar surface area (TPSA) is 66.8 Å². The summed E-state index contributed by atoms with van der Waals surface area (Å²) in [7, 11) is 0. The molecule has 0 heterocycles. The molecule has 0 aromatic carbocycles. The van der Waals surface area contributed by atoms with Gasteiger partial charge in [0.25, 0.3) is 0 Å². The Kier molecular flexibility index (Phi) is 4.33. The first kappa shape index (κ1) is 14.2. The number of carbonyl (C=O) groups is 1. The first-order valence-corrected chi connectivity index (χ1v) is 5.98. The summed E-state index contributed by atoms with van der Waals surface area (Å²) in [5.74, 6) is -0.667. The Morgan fingerprint density at radius 2 is 2.00 bits per heavy atom. The van der Waals surface area contributed by atoms with Gasteiger partial charge < -0.3 is 14.9 Å². The first-order valence-electron chi connectivity index (χ1n) is 5.98. The molecule has 0 bridgehead atoms. The van der Waals surface area contributed by atoms with Gasteiger partial charge in [-0.05, 0) is 40.0 Å². The molecule has 1 fully saturated rings. The Morgan fingerprint density at radius 3 is 2.47 bits per heavy atom. The van der Waals surface area contributed by atoms with Crippen molar-refractivity contribution in [3.05, 3.63) is 12.2 Å². The van der Waals surface area contributed by atoms with E-state index in [0.717, 1.165) is 0 Å². The maximum Gasteiger partial charge on any atom is 0.333 e. The van der Waals surface area contributed by atoms with Gasteiger partial charge in [-0.15, -0.1) is 0 Å². The van der Waals surface area contributed by atoms with Crippen LogP contribution in [0.2, 0.25) is 0 Å². The third kappa shape index (κ3) is 3.82. The lowest BCUT2D eigenvalue weighted by Crippen LogP contribution is -2.45. The van der Waals surface area contributed by atoms with E-state index in [2.05, 4.69) is 6.58 Å². The lowest BCUT2D eigenvalue weighted by atomic mass is 9.75. The Morgan fingerprint density at radius 1 is 1.41 bits per heavy atom. The zero-order valence-electron chi connectivity index (χ0n) is 10.8. The fourth-order valence-corrected chi connectivity index (χ4v) is 2.23. The van der Waals surface area contributed by atoms with Crippen LogP contribution in [0.4, 0.5) is 0 Å². The van der Waals surface area contributed by atoms with E-state index in [4.69, 9.17) is 4.74 Å². The summed E-state index contributed by atoms with van der Waals surface area (Å²) >= 11 is 0. The Bertz CT molecular complexity index is 303. The number of esters is 1. The maximum absolute atomic E-state index is 11.4. The molecule has 4 nitrogen and oxygen atoms in total. The van der Waals surface area contributed by atoms with Gasteiger partial charge in [0, 0.05) is 11.5 Å². The monoisotopic (exact) mass is 242 g/mol. The third-order valence-electron chi connectivity index (χ3n) is 3.30. The number of rotatable bonds is 3. The van der Waals surface area contributed by atoms with Gasteiger partial charge in [-0.2, -0.15) is 0 Å². The van der Waals surface area contributed by atoms with Gasteiger partial charge in [-0.3, -0.25) is 0 Å². The van der Waals surface area contributed by atoms with Crippen LogP contribution < -0.4 is 0 Å². The number of aliphatic hydroxyl groups is 2. The lowest BCUT2D eigenvalue weighted by Gasteiger charge is -2.39. The second kappa shape index (κ2) is 5.19. The predicted octanol–water partition coefficient (Wildman–Crippen LogP) is 1.41. The largest absolute Gasteiger partial charge is 0.459 e. The molecule has 1 aliphatic rings. The summed E-state index contributed by atoms with van der Waals surface area (Å²) in [5, 5.41) is 19.8. The van der Waals surface area contributed by atoms with Gasteiger partial charge in [-0.1, -0.05) is 6.58 Å². The maximum atomic E-state index is 11.4. The smallest absolute Gasteiger partial charge is 0.333 e. The fraction of sp³-hybridized carbons (Fsp3) is 0.769. The van der Waals surface area contributed by atoms with Crippen LogP contribution in [0, 0.1) is 5.92 Å². The van der Waals surface area contributed by atoms with Gasteiger partial charge in [0.05, 0.1) is 11.7 Å². The Labute approximate surface area is 102 Å². The average Bonchev–Trinajstić information content (AvgIpc) is 2.19. The second-order valence-electron chi connectivity index (χ2n) is 5.45. The zero-order valence-corrected chi connectivity index (χ0v) is 10.8. The molecule has 0 saturated heterocycles. The molecule has 4 heteroatoms. The summed E-state index contributed by atoms with van der Waals surface area (Å²) in [4.78, 5) is 11.4. The van der Waals surface area contributed by atoms with Crippen LogP contribution in [0.5, 0.6) is 0 Å². The van der Waals surface area contributed by atoms with Gasteiger partial charge >= 0.3 is 5.97 Å². The highest BCUT2D eigenvalue weighted by molar-refractivity contribution is 5.87. The van der Waals surface area contributed by atoms with Gasteiger partial charge in [0.2, 0.25) is 0 Å². The molecule has 0 amide bonds. The van der Waals surface area contributed by atoms with Crippen LogP contribution in [-0.4, -0.2) is 34.0 Å². The number of hydrogen-bond acceptors (Lipinski definition) is 4. The van der Waals surface area contributed by atoms with Crippen molar-refractivity contribution in [2.45, 2.75) is 57.8 Å². The molecular weight excluding hydrogens is 220 g/mol. The van der Waals surface area contributed by atoms with E-state index in [1.54, 1.807) is 20.8 Å². The van der Waals surface area contributed by atoms with Gasteiger partial charge in [0.15, 0.2) is 0 Å². The van der Waals surface area contributed by atoms with Crippen molar-refractivity contribution in [3.8, 4) is 0 Å². The molecule has 0 aliphatic heterocycles. The molecule has 3 atom stereocenters. The third-order valence-corrected chi connectivity index (χ3v) is 3.30. The highest BCUT2D eigenvalue weighted by Crippen LogP contribution is 2.34.